The lowest BCUT2D eigenvalue weighted by Crippen LogP contribution is -2.12. The molecule has 0 saturated heterocycles. The first-order valence-electron chi connectivity index (χ1n) is 9.32. The topological polar surface area (TPSA) is 59.1 Å². The molecular weight excluding hydrogens is 348 g/mol. The predicted octanol–water partition coefficient (Wildman–Crippen LogP) is 4.73. The summed E-state index contributed by atoms with van der Waals surface area (Å²) in [6.45, 7) is 2.04. The Hall–Kier alpha value is -3.60. The highest BCUT2D eigenvalue weighted by atomic mass is 16.5. The molecule has 0 aliphatic carbocycles. The summed E-state index contributed by atoms with van der Waals surface area (Å²) in [6.07, 6.45) is 3.61. The van der Waals surface area contributed by atoms with Gasteiger partial charge >= 0.3 is 0 Å². The molecule has 2 aromatic carbocycles. The molecule has 0 spiro atoms. The zero-order chi connectivity index (χ0) is 19.0. The van der Waals surface area contributed by atoms with Crippen LogP contribution in [0.15, 0.2) is 85.2 Å². The van der Waals surface area contributed by atoms with Crippen LogP contribution >= 0.6 is 0 Å². The van der Waals surface area contributed by atoms with Crippen LogP contribution in [0, 0.1) is 0 Å². The van der Waals surface area contributed by atoms with Crippen LogP contribution in [0.3, 0.4) is 0 Å². The second-order valence-electron chi connectivity index (χ2n) is 6.40. The number of nitrogens with one attached hydrogen (secondary N) is 2. The smallest absolute Gasteiger partial charge is 0.126 e. The third-order valence-corrected chi connectivity index (χ3v) is 4.36. The van der Waals surface area contributed by atoms with Gasteiger partial charge in [-0.15, -0.1) is 0 Å². The van der Waals surface area contributed by atoms with Crippen LogP contribution in [0.2, 0.25) is 0 Å². The van der Waals surface area contributed by atoms with E-state index in [2.05, 4.69) is 38.8 Å². The summed E-state index contributed by atoms with van der Waals surface area (Å²) in [5.74, 6) is 1.73. The van der Waals surface area contributed by atoms with Gasteiger partial charge in [0.1, 0.15) is 18.2 Å². The fourth-order valence-electron chi connectivity index (χ4n) is 2.90. The minimum atomic E-state index is 0.585. The van der Waals surface area contributed by atoms with E-state index in [9.17, 15) is 0 Å². The third kappa shape index (κ3) is 4.76. The molecule has 0 aliphatic rings. The molecule has 28 heavy (non-hydrogen) atoms. The number of rotatable bonds is 8. The third-order valence-electron chi connectivity index (χ3n) is 4.36. The zero-order valence-corrected chi connectivity index (χ0v) is 15.5. The van der Waals surface area contributed by atoms with E-state index in [1.165, 1.54) is 5.56 Å². The first kappa shape index (κ1) is 17.8. The van der Waals surface area contributed by atoms with E-state index >= 15 is 0 Å². The molecule has 2 N–H and O–H groups in total. The van der Waals surface area contributed by atoms with Crippen molar-refractivity contribution in [2.45, 2.75) is 6.54 Å². The van der Waals surface area contributed by atoms with Crippen molar-refractivity contribution in [2.24, 2.45) is 0 Å². The Morgan fingerprint density at radius 1 is 0.821 bits per heavy atom. The average Bonchev–Trinajstić information content (AvgIpc) is 2.76. The Morgan fingerprint density at radius 3 is 2.54 bits per heavy atom. The Balaban J connectivity index is 1.32. The van der Waals surface area contributed by atoms with Crippen LogP contribution in [0.25, 0.3) is 10.9 Å². The van der Waals surface area contributed by atoms with Gasteiger partial charge in [-0.3, -0.25) is 4.98 Å². The van der Waals surface area contributed by atoms with Gasteiger partial charge < -0.3 is 15.4 Å². The second-order valence-corrected chi connectivity index (χ2v) is 6.40. The van der Waals surface area contributed by atoms with Crippen molar-refractivity contribution in [1.29, 1.82) is 0 Å². The van der Waals surface area contributed by atoms with Crippen molar-refractivity contribution in [2.75, 3.05) is 23.8 Å². The first-order chi connectivity index (χ1) is 13.9. The molecule has 5 nitrogen and oxygen atoms in total. The number of fused-ring (bicyclic) bond motifs is 1. The zero-order valence-electron chi connectivity index (χ0n) is 15.5. The van der Waals surface area contributed by atoms with Crippen molar-refractivity contribution in [3.63, 3.8) is 0 Å². The molecule has 0 amide bonds. The molecule has 4 aromatic rings. The van der Waals surface area contributed by atoms with Gasteiger partial charge in [-0.1, -0.05) is 18.2 Å². The van der Waals surface area contributed by atoms with E-state index in [4.69, 9.17) is 4.74 Å². The summed E-state index contributed by atoms with van der Waals surface area (Å²) in [7, 11) is 0. The minimum Gasteiger partial charge on any atom is -0.492 e. The van der Waals surface area contributed by atoms with Crippen LogP contribution in [0.5, 0.6) is 5.75 Å². The van der Waals surface area contributed by atoms with Crippen molar-refractivity contribution < 1.29 is 4.74 Å². The van der Waals surface area contributed by atoms with Crippen molar-refractivity contribution in [1.82, 2.24) is 9.97 Å². The molecule has 2 aromatic heterocycles. The lowest BCUT2D eigenvalue weighted by molar-refractivity contribution is 0.333. The molecule has 0 unspecified atom stereocenters. The van der Waals surface area contributed by atoms with Crippen molar-refractivity contribution >= 4 is 22.4 Å². The Labute approximate surface area is 164 Å². The van der Waals surface area contributed by atoms with E-state index in [1.807, 2.05) is 54.6 Å². The van der Waals surface area contributed by atoms with Crippen LogP contribution in [0.4, 0.5) is 11.5 Å². The van der Waals surface area contributed by atoms with Crippen LogP contribution in [0.1, 0.15) is 5.56 Å². The molecule has 0 atom stereocenters. The number of nitrogens with zero attached hydrogens (tertiary/aromatic N) is 2. The molecule has 4 rings (SSSR count). The fourth-order valence-corrected chi connectivity index (χ4v) is 2.90. The van der Waals surface area contributed by atoms with E-state index in [0.29, 0.717) is 13.2 Å². The lowest BCUT2D eigenvalue weighted by Gasteiger charge is -2.10. The number of ether oxygens (including phenoxy) is 1. The van der Waals surface area contributed by atoms with Gasteiger partial charge in [0.2, 0.25) is 0 Å². The Morgan fingerprint density at radius 2 is 1.68 bits per heavy atom. The molecule has 0 aliphatic heterocycles. The second kappa shape index (κ2) is 8.86. The number of para-hydroxylation sites is 1. The van der Waals surface area contributed by atoms with Gasteiger partial charge in [-0.2, -0.15) is 0 Å². The summed E-state index contributed by atoms with van der Waals surface area (Å²) in [6, 6.07) is 24.1. The van der Waals surface area contributed by atoms with Crippen LogP contribution in [-0.4, -0.2) is 23.1 Å². The molecule has 5 heteroatoms. The summed E-state index contributed by atoms with van der Waals surface area (Å²) >= 11 is 0. The maximum atomic E-state index is 5.69. The van der Waals surface area contributed by atoms with Gasteiger partial charge in [0, 0.05) is 30.0 Å². The van der Waals surface area contributed by atoms with Gasteiger partial charge in [0.25, 0.3) is 0 Å². The van der Waals surface area contributed by atoms with E-state index in [-0.39, 0.29) is 0 Å². The largest absolute Gasteiger partial charge is 0.492 e. The lowest BCUT2D eigenvalue weighted by atomic mass is 10.2. The van der Waals surface area contributed by atoms with E-state index in [0.717, 1.165) is 34.7 Å². The molecule has 0 fully saturated rings. The molecule has 0 radical (unpaired) electrons. The van der Waals surface area contributed by atoms with Crippen molar-refractivity contribution in [3.05, 3.63) is 90.8 Å². The monoisotopic (exact) mass is 370 g/mol. The molecule has 2 heterocycles. The maximum absolute atomic E-state index is 5.69. The summed E-state index contributed by atoms with van der Waals surface area (Å²) in [5, 5.41) is 7.85. The van der Waals surface area contributed by atoms with Crippen LogP contribution < -0.4 is 15.4 Å². The number of pyridine rings is 2. The van der Waals surface area contributed by atoms with Gasteiger partial charge in [-0.25, -0.2) is 4.98 Å². The molecule has 0 bridgehead atoms. The number of anilines is 2. The highest BCUT2D eigenvalue weighted by molar-refractivity contribution is 5.83. The summed E-state index contributed by atoms with van der Waals surface area (Å²) in [5.41, 5.74) is 3.23. The van der Waals surface area contributed by atoms with Gasteiger partial charge in [0.15, 0.2) is 0 Å². The summed E-state index contributed by atoms with van der Waals surface area (Å²) in [4.78, 5) is 8.72. The van der Waals surface area contributed by atoms with E-state index < -0.39 is 0 Å². The number of hydrogen-bond acceptors (Lipinski definition) is 5. The Bertz CT molecular complexity index is 1020. The number of benzene rings is 2. The molecule has 0 saturated carbocycles. The maximum Gasteiger partial charge on any atom is 0.126 e. The molecule has 140 valence electrons. The standard InChI is InChI=1S/C23H22N4O/c1-2-4-21(5-3-1)28-15-14-25-23-9-6-19-16-20(7-8-22(19)27-23)26-17-18-10-12-24-13-11-18/h1-13,16,26H,14-15,17H2,(H,25,27). The van der Waals surface area contributed by atoms with Crippen LogP contribution in [-0.2, 0) is 6.54 Å². The average molecular weight is 370 g/mol. The minimum absolute atomic E-state index is 0.585. The highest BCUT2D eigenvalue weighted by Gasteiger charge is 2.01. The highest BCUT2D eigenvalue weighted by Crippen LogP contribution is 2.20. The number of hydrogen-bond donors (Lipinski definition) is 2. The predicted molar refractivity (Wildman–Crippen MR) is 114 cm³/mol. The van der Waals surface area contributed by atoms with Crippen molar-refractivity contribution in [3.8, 4) is 5.75 Å². The Kier molecular flexibility index (Phi) is 5.63. The van der Waals surface area contributed by atoms with Gasteiger partial charge in [0.05, 0.1) is 12.1 Å². The quantitative estimate of drug-likeness (QED) is 0.439. The SMILES string of the molecule is c1ccc(OCCNc2ccc3cc(NCc4ccncc4)ccc3n2)cc1. The van der Waals surface area contributed by atoms with E-state index in [1.54, 1.807) is 12.4 Å². The first-order valence-corrected chi connectivity index (χ1v) is 9.32. The normalized spacial score (nSPS) is 10.6. The van der Waals surface area contributed by atoms with Gasteiger partial charge in [-0.05, 0) is 60.2 Å². The number of aromatic nitrogens is 2. The summed E-state index contributed by atoms with van der Waals surface area (Å²) < 4.78 is 5.69. The molecular formula is C23H22N4O. The fraction of sp³-hybridized carbons (Fsp3) is 0.130.